The molecule has 0 radical (unpaired) electrons. The Morgan fingerprint density at radius 1 is 1.16 bits per heavy atom. The van der Waals surface area contributed by atoms with Gasteiger partial charge in [-0.1, -0.05) is 24.3 Å². The van der Waals surface area contributed by atoms with E-state index < -0.39 is 43.3 Å². The van der Waals surface area contributed by atoms with Crippen LogP contribution in [0.1, 0.15) is 39.9 Å². The number of hydrogen-bond donors (Lipinski definition) is 2. The molecule has 1 fully saturated rings. The topological polar surface area (TPSA) is 115 Å². The molecule has 38 heavy (non-hydrogen) atoms. The van der Waals surface area contributed by atoms with Crippen LogP contribution in [0, 0.1) is 11.3 Å². The molecule has 0 spiro atoms. The van der Waals surface area contributed by atoms with Crippen molar-refractivity contribution < 1.29 is 23.2 Å². The van der Waals surface area contributed by atoms with Crippen molar-refractivity contribution in [2.75, 3.05) is 18.4 Å². The van der Waals surface area contributed by atoms with Crippen molar-refractivity contribution in [1.29, 1.82) is 5.26 Å². The number of aromatic nitrogens is 1. The third kappa shape index (κ3) is 5.22. The van der Waals surface area contributed by atoms with Crippen LogP contribution in [0.3, 0.4) is 0 Å². The van der Waals surface area contributed by atoms with Gasteiger partial charge in [-0.15, -0.1) is 0 Å². The van der Waals surface area contributed by atoms with Gasteiger partial charge in [0.2, 0.25) is 11.8 Å². The number of amides is 3. The van der Waals surface area contributed by atoms with Crippen LogP contribution in [0.25, 0.3) is 23.1 Å². The lowest BCUT2D eigenvalue weighted by atomic mass is 9.99. The highest BCUT2D eigenvalue weighted by Crippen LogP contribution is 2.31. The molecule has 2 aliphatic rings. The Balaban J connectivity index is 1.31. The molecule has 3 aromatic rings. The first-order valence-electron chi connectivity index (χ1n) is 12.1. The molecular formula is C28H23F2N5O3. The van der Waals surface area contributed by atoms with Gasteiger partial charge >= 0.3 is 0 Å². The van der Waals surface area contributed by atoms with E-state index in [1.807, 2.05) is 36.4 Å². The van der Waals surface area contributed by atoms with Gasteiger partial charge in [-0.3, -0.25) is 19.4 Å². The molecule has 1 unspecified atom stereocenters. The Morgan fingerprint density at radius 3 is 2.71 bits per heavy atom. The van der Waals surface area contributed by atoms with E-state index in [1.54, 1.807) is 18.2 Å². The highest BCUT2D eigenvalue weighted by atomic mass is 19.3. The quantitative estimate of drug-likeness (QED) is 0.502. The average Bonchev–Trinajstić information content (AvgIpc) is 3.24. The molecule has 2 aromatic carbocycles. The molecule has 8 nitrogen and oxygen atoms in total. The Labute approximate surface area is 217 Å². The lowest BCUT2D eigenvalue weighted by molar-refractivity contribution is -0.131. The van der Waals surface area contributed by atoms with Crippen molar-refractivity contribution in [2.24, 2.45) is 0 Å². The average molecular weight is 516 g/mol. The third-order valence-electron chi connectivity index (χ3n) is 6.64. The molecule has 3 heterocycles. The lowest BCUT2D eigenvalue weighted by Gasteiger charge is -2.19. The lowest BCUT2D eigenvalue weighted by Crippen LogP contribution is -2.43. The van der Waals surface area contributed by atoms with E-state index in [4.69, 9.17) is 5.26 Å². The molecule has 10 heteroatoms. The number of halogens is 2. The normalized spacial score (nSPS) is 18.2. The number of fused-ring (bicyclic) bond motifs is 2. The van der Waals surface area contributed by atoms with Gasteiger partial charge in [-0.05, 0) is 53.4 Å². The maximum absolute atomic E-state index is 13.7. The summed E-state index contributed by atoms with van der Waals surface area (Å²) < 4.78 is 27.3. The zero-order valence-electron chi connectivity index (χ0n) is 20.2. The predicted octanol–water partition coefficient (Wildman–Crippen LogP) is 3.78. The highest BCUT2D eigenvalue weighted by molar-refractivity contribution is 6.07. The largest absolute Gasteiger partial charge is 0.343 e. The zero-order valence-corrected chi connectivity index (χ0v) is 20.2. The second-order valence-electron chi connectivity index (χ2n) is 9.34. The summed E-state index contributed by atoms with van der Waals surface area (Å²) in [6, 6.07) is 13.3. The maximum atomic E-state index is 13.7. The van der Waals surface area contributed by atoms with Crippen molar-refractivity contribution in [1.82, 2.24) is 15.2 Å². The minimum atomic E-state index is -3.12. The number of nitriles is 1. The number of rotatable bonds is 5. The number of anilines is 1. The first-order valence-corrected chi connectivity index (χ1v) is 12.1. The van der Waals surface area contributed by atoms with Gasteiger partial charge in [-0.25, -0.2) is 8.78 Å². The molecule has 1 saturated heterocycles. The third-order valence-corrected chi connectivity index (χ3v) is 6.64. The van der Waals surface area contributed by atoms with E-state index in [9.17, 15) is 23.2 Å². The Bertz CT molecular complexity index is 1530. The van der Waals surface area contributed by atoms with Gasteiger partial charge in [0.25, 0.3) is 11.8 Å². The molecule has 2 N–H and O–H groups in total. The Hall–Kier alpha value is -4.65. The molecule has 0 aliphatic carbocycles. The second kappa shape index (κ2) is 10.0. The Morgan fingerprint density at radius 2 is 1.92 bits per heavy atom. The number of pyridine rings is 1. The molecule has 1 atom stereocenters. The van der Waals surface area contributed by atoms with Crippen LogP contribution in [-0.2, 0) is 16.0 Å². The summed E-state index contributed by atoms with van der Waals surface area (Å²) in [5.41, 5.74) is 4.54. The van der Waals surface area contributed by atoms with Gasteiger partial charge in [0.05, 0.1) is 30.2 Å². The molecule has 2 aliphatic heterocycles. The minimum Gasteiger partial charge on any atom is -0.343 e. The number of hydrogen-bond acceptors (Lipinski definition) is 5. The molecular weight excluding hydrogens is 492 g/mol. The zero-order chi connectivity index (χ0) is 26.9. The van der Waals surface area contributed by atoms with Gasteiger partial charge in [0, 0.05) is 30.1 Å². The molecule has 0 bridgehead atoms. The van der Waals surface area contributed by atoms with E-state index in [-0.39, 0.29) is 11.5 Å². The van der Waals surface area contributed by atoms with Gasteiger partial charge < -0.3 is 15.5 Å². The van der Waals surface area contributed by atoms with Crippen molar-refractivity contribution in [2.45, 2.75) is 31.2 Å². The first-order chi connectivity index (χ1) is 18.2. The van der Waals surface area contributed by atoms with E-state index in [1.165, 1.54) is 12.3 Å². The smallest absolute Gasteiger partial charge is 0.268 e. The van der Waals surface area contributed by atoms with Crippen LogP contribution in [-0.4, -0.2) is 52.7 Å². The predicted molar refractivity (Wildman–Crippen MR) is 137 cm³/mol. The summed E-state index contributed by atoms with van der Waals surface area (Å²) in [5.74, 6) is -4.41. The number of carbonyl (C=O) groups is 3. The second-order valence-corrected chi connectivity index (χ2v) is 9.34. The number of benzene rings is 2. The minimum absolute atomic E-state index is 0.0127. The summed E-state index contributed by atoms with van der Waals surface area (Å²) in [7, 11) is 0. The maximum Gasteiger partial charge on any atom is 0.268 e. The standard InChI is InChI=1S/C28H23F2N5O3/c29-28(30)13-20(14-31)35(16-28)26(37)15-33-27(38)21-9-10-32-24-7-4-18(12-22(21)24)2-1-17-3-6-23-19(11-17)5-8-25(36)34-23/h1-4,6-7,9-12,20H,5,8,13,15-16H2,(H,33,38)(H,34,36)/b2-1+. The van der Waals surface area contributed by atoms with Crippen LogP contribution < -0.4 is 10.6 Å². The summed E-state index contributed by atoms with van der Waals surface area (Å²) in [6.07, 6.45) is 5.74. The van der Waals surface area contributed by atoms with Gasteiger partial charge in [-0.2, -0.15) is 5.26 Å². The van der Waals surface area contributed by atoms with Crippen molar-refractivity contribution in [3.63, 3.8) is 0 Å². The Kier molecular flexibility index (Phi) is 6.59. The van der Waals surface area contributed by atoms with Crippen molar-refractivity contribution in [3.05, 3.63) is 70.9 Å². The summed E-state index contributed by atoms with van der Waals surface area (Å²) in [4.78, 5) is 42.1. The van der Waals surface area contributed by atoms with Crippen molar-refractivity contribution >= 4 is 46.5 Å². The van der Waals surface area contributed by atoms with Gasteiger partial charge in [0.1, 0.15) is 6.04 Å². The fraction of sp³-hybridized carbons (Fsp3) is 0.250. The fourth-order valence-electron chi connectivity index (χ4n) is 4.71. The van der Waals surface area contributed by atoms with Gasteiger partial charge in [0.15, 0.2) is 0 Å². The number of carbonyl (C=O) groups excluding carboxylic acids is 3. The highest BCUT2D eigenvalue weighted by Gasteiger charge is 2.47. The number of aryl methyl sites for hydroxylation is 1. The summed E-state index contributed by atoms with van der Waals surface area (Å²) in [5, 5.41) is 15.0. The van der Waals surface area contributed by atoms with E-state index >= 15 is 0 Å². The molecule has 5 rings (SSSR count). The van der Waals surface area contributed by atoms with E-state index in [0.717, 1.165) is 27.3 Å². The van der Waals surface area contributed by atoms with E-state index in [0.29, 0.717) is 23.7 Å². The SMILES string of the molecule is N#CC1CC(F)(F)CN1C(=O)CNC(=O)c1ccnc2ccc(/C=C/c3ccc4c(c3)CCC(=O)N4)cc12. The number of likely N-dealkylation sites (tertiary alicyclic amines) is 1. The van der Waals surface area contributed by atoms with Crippen LogP contribution in [0.15, 0.2) is 48.7 Å². The van der Waals surface area contributed by atoms with Crippen LogP contribution in [0.4, 0.5) is 14.5 Å². The first kappa shape index (κ1) is 25.0. The van der Waals surface area contributed by atoms with Crippen LogP contribution in [0.2, 0.25) is 0 Å². The fourth-order valence-corrected chi connectivity index (χ4v) is 4.71. The number of alkyl halides is 2. The summed E-state index contributed by atoms with van der Waals surface area (Å²) in [6.45, 7) is -1.35. The van der Waals surface area contributed by atoms with Crippen molar-refractivity contribution in [3.8, 4) is 6.07 Å². The van der Waals surface area contributed by atoms with Crippen LogP contribution >= 0.6 is 0 Å². The number of nitrogens with zero attached hydrogens (tertiary/aromatic N) is 3. The van der Waals surface area contributed by atoms with Crippen LogP contribution in [0.5, 0.6) is 0 Å². The molecule has 3 amide bonds. The molecule has 1 aromatic heterocycles. The summed E-state index contributed by atoms with van der Waals surface area (Å²) >= 11 is 0. The monoisotopic (exact) mass is 515 g/mol. The molecule has 192 valence electrons. The molecule has 0 saturated carbocycles. The number of nitrogens with one attached hydrogen (secondary N) is 2. The van der Waals surface area contributed by atoms with E-state index in [2.05, 4.69) is 15.6 Å².